The molecule has 0 unspecified atom stereocenters. The largest absolute Gasteiger partial charge is 0.326 e. The van der Waals surface area contributed by atoms with Gasteiger partial charge in [0.05, 0.1) is 35.1 Å². The lowest BCUT2D eigenvalue weighted by Crippen LogP contribution is -2.15. The van der Waals surface area contributed by atoms with E-state index in [4.69, 9.17) is 5.26 Å². The number of sulfone groups is 1. The Hall–Kier alpha value is -3.57. The van der Waals surface area contributed by atoms with Gasteiger partial charge < -0.3 is 5.32 Å². The average Bonchev–Trinajstić information content (AvgIpc) is 2.75. The third kappa shape index (κ3) is 5.18. The number of nitrogens with one attached hydrogen (secondary N) is 1. The van der Waals surface area contributed by atoms with Crippen molar-refractivity contribution < 1.29 is 22.0 Å². The smallest absolute Gasteiger partial charge is 0.228 e. The second-order valence-electron chi connectivity index (χ2n) is 7.08. The van der Waals surface area contributed by atoms with E-state index in [-0.39, 0.29) is 40.3 Å². The standard InChI is InChI=1S/C24H20F2N2O3S/c1-2-32(30,31)19-9-7-16(8-10-19)13-23(29)28-18-14-21(25)24(22(26)15-18)20-6-4-3-5-17(20)11-12-27/h3-10,14-15H,2,11,13H2,1H3,(H,28,29). The summed E-state index contributed by atoms with van der Waals surface area (Å²) in [5.41, 5.74) is 1.03. The molecule has 0 aliphatic rings. The molecule has 32 heavy (non-hydrogen) atoms. The molecule has 0 saturated heterocycles. The molecule has 0 spiro atoms. The van der Waals surface area contributed by atoms with Crippen LogP contribution in [0.3, 0.4) is 0 Å². The predicted octanol–water partition coefficient (Wildman–Crippen LogP) is 4.67. The maximum atomic E-state index is 14.8. The number of nitrogens with zero attached hydrogens (tertiary/aromatic N) is 1. The number of carbonyl (C=O) groups excluding carboxylic acids is 1. The Bertz CT molecular complexity index is 1270. The minimum atomic E-state index is -3.34. The molecule has 0 aliphatic carbocycles. The zero-order valence-electron chi connectivity index (χ0n) is 17.2. The minimum absolute atomic E-state index is 0.00584. The average molecular weight is 454 g/mol. The van der Waals surface area contributed by atoms with Crippen LogP contribution in [0.5, 0.6) is 0 Å². The van der Waals surface area contributed by atoms with Crippen molar-refractivity contribution in [1.82, 2.24) is 0 Å². The Morgan fingerprint density at radius 3 is 2.25 bits per heavy atom. The Morgan fingerprint density at radius 1 is 1.03 bits per heavy atom. The molecule has 3 aromatic carbocycles. The van der Waals surface area contributed by atoms with E-state index in [0.29, 0.717) is 11.1 Å². The summed E-state index contributed by atoms with van der Waals surface area (Å²) in [7, 11) is -3.34. The number of halogens is 2. The quantitative estimate of drug-likeness (QED) is 0.562. The molecule has 0 aromatic heterocycles. The summed E-state index contributed by atoms with van der Waals surface area (Å²) < 4.78 is 53.2. The van der Waals surface area contributed by atoms with Crippen LogP contribution in [0.4, 0.5) is 14.5 Å². The number of benzene rings is 3. The van der Waals surface area contributed by atoms with E-state index in [1.54, 1.807) is 25.1 Å². The lowest BCUT2D eigenvalue weighted by atomic mass is 9.97. The molecule has 8 heteroatoms. The minimum Gasteiger partial charge on any atom is -0.326 e. The van der Waals surface area contributed by atoms with E-state index >= 15 is 0 Å². The van der Waals surface area contributed by atoms with Gasteiger partial charge in [-0.2, -0.15) is 5.26 Å². The summed E-state index contributed by atoms with van der Waals surface area (Å²) in [5.74, 6) is -2.26. The van der Waals surface area contributed by atoms with Crippen LogP contribution in [0.15, 0.2) is 65.6 Å². The van der Waals surface area contributed by atoms with Crippen molar-refractivity contribution in [2.45, 2.75) is 24.7 Å². The van der Waals surface area contributed by atoms with Crippen LogP contribution in [0.2, 0.25) is 0 Å². The summed E-state index contributed by atoms with van der Waals surface area (Å²) in [6.07, 6.45) is -0.0890. The summed E-state index contributed by atoms with van der Waals surface area (Å²) in [6.45, 7) is 1.54. The van der Waals surface area contributed by atoms with Crippen LogP contribution >= 0.6 is 0 Å². The van der Waals surface area contributed by atoms with Crippen molar-refractivity contribution in [2.24, 2.45) is 0 Å². The van der Waals surface area contributed by atoms with Gasteiger partial charge in [-0.1, -0.05) is 43.3 Å². The highest BCUT2D eigenvalue weighted by atomic mass is 32.2. The highest BCUT2D eigenvalue weighted by molar-refractivity contribution is 7.91. The highest BCUT2D eigenvalue weighted by Crippen LogP contribution is 2.31. The SMILES string of the molecule is CCS(=O)(=O)c1ccc(CC(=O)Nc2cc(F)c(-c3ccccc3CC#N)c(F)c2)cc1. The third-order valence-electron chi connectivity index (χ3n) is 4.91. The summed E-state index contributed by atoms with van der Waals surface area (Å²) in [6, 6.07) is 16.4. The molecule has 3 rings (SSSR count). The number of rotatable bonds is 7. The number of anilines is 1. The number of nitriles is 1. The molecule has 1 amide bonds. The van der Waals surface area contributed by atoms with Gasteiger partial charge in [0.25, 0.3) is 0 Å². The van der Waals surface area contributed by atoms with Crippen LogP contribution in [0.1, 0.15) is 18.1 Å². The predicted molar refractivity (Wildman–Crippen MR) is 118 cm³/mol. The second-order valence-corrected chi connectivity index (χ2v) is 9.36. The van der Waals surface area contributed by atoms with Crippen molar-refractivity contribution >= 4 is 21.4 Å². The van der Waals surface area contributed by atoms with Gasteiger partial charge in [0, 0.05) is 5.69 Å². The van der Waals surface area contributed by atoms with Crippen molar-refractivity contribution in [3.63, 3.8) is 0 Å². The molecular weight excluding hydrogens is 434 g/mol. The van der Waals surface area contributed by atoms with Crippen molar-refractivity contribution in [3.05, 3.63) is 83.4 Å². The Balaban J connectivity index is 1.78. The number of hydrogen-bond donors (Lipinski definition) is 1. The fourth-order valence-electron chi connectivity index (χ4n) is 3.28. The molecule has 0 bridgehead atoms. The summed E-state index contributed by atoms with van der Waals surface area (Å²) >= 11 is 0. The first-order valence-electron chi connectivity index (χ1n) is 9.81. The van der Waals surface area contributed by atoms with Gasteiger partial charge in [0.2, 0.25) is 5.91 Å². The van der Waals surface area contributed by atoms with Crippen molar-refractivity contribution in [1.29, 1.82) is 5.26 Å². The molecule has 1 N–H and O–H groups in total. The molecule has 0 heterocycles. The Morgan fingerprint density at radius 2 is 1.66 bits per heavy atom. The van der Waals surface area contributed by atoms with E-state index in [1.807, 2.05) is 6.07 Å². The monoisotopic (exact) mass is 454 g/mol. The van der Waals surface area contributed by atoms with Gasteiger partial charge in [0.15, 0.2) is 9.84 Å². The Kier molecular flexibility index (Phi) is 7.01. The third-order valence-corrected chi connectivity index (χ3v) is 6.66. The van der Waals surface area contributed by atoms with E-state index in [1.165, 1.54) is 30.3 Å². The maximum Gasteiger partial charge on any atom is 0.228 e. The maximum absolute atomic E-state index is 14.8. The van der Waals surface area contributed by atoms with E-state index in [9.17, 15) is 22.0 Å². The van der Waals surface area contributed by atoms with E-state index in [0.717, 1.165) is 12.1 Å². The first-order chi connectivity index (χ1) is 15.2. The fraction of sp³-hybridized carbons (Fsp3) is 0.167. The van der Waals surface area contributed by atoms with Crippen LogP contribution < -0.4 is 5.32 Å². The van der Waals surface area contributed by atoms with Crippen LogP contribution in [0, 0.1) is 23.0 Å². The molecule has 3 aromatic rings. The number of carbonyl (C=O) groups is 1. The summed E-state index contributed by atoms with van der Waals surface area (Å²) in [5, 5.41) is 11.4. The van der Waals surface area contributed by atoms with Crippen molar-refractivity contribution in [2.75, 3.05) is 11.1 Å². The van der Waals surface area contributed by atoms with E-state index in [2.05, 4.69) is 5.32 Å². The lowest BCUT2D eigenvalue weighted by molar-refractivity contribution is -0.115. The molecule has 0 atom stereocenters. The number of amides is 1. The summed E-state index contributed by atoms with van der Waals surface area (Å²) in [4.78, 5) is 12.5. The van der Waals surface area contributed by atoms with Gasteiger partial charge in [-0.3, -0.25) is 4.79 Å². The first-order valence-corrected chi connectivity index (χ1v) is 11.5. The van der Waals surface area contributed by atoms with Gasteiger partial charge in [-0.25, -0.2) is 17.2 Å². The molecule has 0 saturated carbocycles. The molecule has 0 aliphatic heterocycles. The lowest BCUT2D eigenvalue weighted by Gasteiger charge is -2.12. The van der Waals surface area contributed by atoms with Gasteiger partial charge in [0.1, 0.15) is 11.6 Å². The highest BCUT2D eigenvalue weighted by Gasteiger charge is 2.17. The zero-order chi connectivity index (χ0) is 23.3. The van der Waals surface area contributed by atoms with Crippen molar-refractivity contribution in [3.8, 4) is 17.2 Å². The van der Waals surface area contributed by atoms with Gasteiger partial charge >= 0.3 is 0 Å². The molecule has 5 nitrogen and oxygen atoms in total. The van der Waals surface area contributed by atoms with Gasteiger partial charge in [-0.05, 0) is 41.0 Å². The number of hydrogen-bond acceptors (Lipinski definition) is 4. The fourth-order valence-corrected chi connectivity index (χ4v) is 4.16. The normalized spacial score (nSPS) is 11.1. The topological polar surface area (TPSA) is 87.0 Å². The molecule has 0 radical (unpaired) electrons. The van der Waals surface area contributed by atoms with Gasteiger partial charge in [-0.15, -0.1) is 0 Å². The zero-order valence-corrected chi connectivity index (χ0v) is 18.0. The molecule has 164 valence electrons. The van der Waals surface area contributed by atoms with Crippen LogP contribution in [-0.2, 0) is 27.5 Å². The first kappa shape index (κ1) is 23.1. The van der Waals surface area contributed by atoms with Crippen LogP contribution in [-0.4, -0.2) is 20.1 Å². The molecule has 0 fully saturated rings. The van der Waals surface area contributed by atoms with E-state index < -0.39 is 27.4 Å². The Labute approximate surface area is 185 Å². The second kappa shape index (κ2) is 9.71. The molecular formula is C24H20F2N2O3S. The van der Waals surface area contributed by atoms with Crippen LogP contribution in [0.25, 0.3) is 11.1 Å².